The summed E-state index contributed by atoms with van der Waals surface area (Å²) in [5.74, 6) is 0.932. The lowest BCUT2D eigenvalue weighted by Gasteiger charge is -2.39. The molecule has 1 saturated heterocycles. The number of piperidine rings is 1. The molecule has 0 aromatic heterocycles. The van der Waals surface area contributed by atoms with Gasteiger partial charge in [-0.15, -0.1) is 0 Å². The third kappa shape index (κ3) is 4.67. The Balaban J connectivity index is 1.62. The van der Waals surface area contributed by atoms with Gasteiger partial charge in [0.15, 0.2) is 0 Å². The molecule has 1 aromatic rings. The lowest BCUT2D eigenvalue weighted by atomic mass is 9.85. The zero-order chi connectivity index (χ0) is 18.7. The Morgan fingerprint density at radius 3 is 2.15 bits per heavy atom. The van der Waals surface area contributed by atoms with Crippen LogP contribution in [-0.2, 0) is 10.8 Å². The first-order valence-corrected chi connectivity index (χ1v) is 11.6. The molecule has 2 fully saturated rings. The van der Waals surface area contributed by atoms with Gasteiger partial charge in [-0.25, -0.2) is 0 Å². The minimum atomic E-state index is -0.894. The third-order valence-electron chi connectivity index (χ3n) is 6.38. The molecule has 1 aromatic carbocycles. The summed E-state index contributed by atoms with van der Waals surface area (Å²) in [5, 5.41) is 0.174. The van der Waals surface area contributed by atoms with E-state index in [1.165, 1.54) is 62.8 Å². The average Bonchev–Trinajstić information content (AvgIpc) is 2.67. The van der Waals surface area contributed by atoms with E-state index in [0.29, 0.717) is 0 Å². The molecule has 144 valence electrons. The summed E-state index contributed by atoms with van der Waals surface area (Å²) in [6.07, 6.45) is 8.02. The Kier molecular flexibility index (Phi) is 6.74. The molecule has 26 heavy (non-hydrogen) atoms. The molecule has 1 aliphatic heterocycles. The predicted molar refractivity (Wildman–Crippen MR) is 113 cm³/mol. The second-order valence-electron chi connectivity index (χ2n) is 8.55. The Morgan fingerprint density at radius 1 is 1.04 bits per heavy atom. The summed E-state index contributed by atoms with van der Waals surface area (Å²) in [7, 11) is -0.894. The molecule has 0 amide bonds. The van der Waals surface area contributed by atoms with Crippen molar-refractivity contribution in [3.05, 3.63) is 35.4 Å². The van der Waals surface area contributed by atoms with Crippen molar-refractivity contribution in [1.82, 2.24) is 4.90 Å². The van der Waals surface area contributed by atoms with E-state index < -0.39 is 10.8 Å². The van der Waals surface area contributed by atoms with Gasteiger partial charge in [0.25, 0.3) is 0 Å². The van der Waals surface area contributed by atoms with Crippen molar-refractivity contribution >= 4 is 16.4 Å². The van der Waals surface area contributed by atoms with Gasteiger partial charge >= 0.3 is 0 Å². The van der Waals surface area contributed by atoms with Gasteiger partial charge in [0, 0.05) is 29.3 Å². The maximum atomic E-state index is 12.2. The van der Waals surface area contributed by atoms with Crippen LogP contribution in [0.4, 0.5) is 0 Å². The molecule has 2 nitrogen and oxygen atoms in total. The fraction of sp³-hybridized carbons (Fsp3) is 0.652. The third-order valence-corrected chi connectivity index (χ3v) is 7.97. The Labute approximate surface area is 162 Å². The van der Waals surface area contributed by atoms with Crippen LogP contribution in [0, 0.1) is 5.92 Å². The summed E-state index contributed by atoms with van der Waals surface area (Å²) in [6.45, 7) is 11.1. The molecule has 0 spiro atoms. The maximum absolute atomic E-state index is 12.2. The zero-order valence-corrected chi connectivity index (χ0v) is 17.8. The minimum absolute atomic E-state index is 0.174. The van der Waals surface area contributed by atoms with E-state index in [0.717, 1.165) is 16.9 Å². The van der Waals surface area contributed by atoms with Crippen molar-refractivity contribution < 1.29 is 4.21 Å². The first-order valence-electron chi connectivity index (χ1n) is 10.4. The monoisotopic (exact) mass is 373 g/mol. The predicted octanol–water partition coefficient (Wildman–Crippen LogP) is 5.65. The maximum Gasteiger partial charge on any atom is 0.0555 e. The fourth-order valence-electron chi connectivity index (χ4n) is 4.46. The first-order chi connectivity index (χ1) is 12.5. The number of benzene rings is 1. The number of nitrogens with zero attached hydrogens (tertiary/aromatic N) is 1. The molecule has 1 saturated carbocycles. The van der Waals surface area contributed by atoms with Gasteiger partial charge in [0.05, 0.1) is 10.8 Å². The van der Waals surface area contributed by atoms with Crippen molar-refractivity contribution in [3.63, 3.8) is 0 Å². The molecule has 2 aliphatic rings. The van der Waals surface area contributed by atoms with Crippen molar-refractivity contribution in [2.75, 3.05) is 13.1 Å². The SMILES string of the molecule is CC(=C1CCN(C2CCC(C)CC2)CC1)c1ccc(S(=O)C(C)C)cc1. The summed E-state index contributed by atoms with van der Waals surface area (Å²) in [5.41, 5.74) is 4.34. The minimum Gasteiger partial charge on any atom is -0.300 e. The molecule has 0 N–H and O–H groups in total. The highest BCUT2D eigenvalue weighted by atomic mass is 32.2. The van der Waals surface area contributed by atoms with E-state index >= 15 is 0 Å². The zero-order valence-electron chi connectivity index (χ0n) is 17.0. The summed E-state index contributed by atoms with van der Waals surface area (Å²) in [6, 6.07) is 9.25. The van der Waals surface area contributed by atoms with Gasteiger partial charge in [-0.1, -0.05) is 38.5 Å². The molecule has 1 unspecified atom stereocenters. The van der Waals surface area contributed by atoms with E-state index in [-0.39, 0.29) is 5.25 Å². The van der Waals surface area contributed by atoms with E-state index in [4.69, 9.17) is 0 Å². The molecule has 1 aliphatic carbocycles. The molecule has 3 rings (SSSR count). The van der Waals surface area contributed by atoms with Crippen LogP contribution in [0.25, 0.3) is 5.57 Å². The standard InChI is InChI=1S/C23H35NOS/c1-17(2)26(25)23-11-7-20(8-12-23)19(4)21-13-15-24(16-14-21)22-9-5-18(3)6-10-22/h7-8,11-12,17-18,22H,5-6,9-10,13-16H2,1-4H3. The smallest absolute Gasteiger partial charge is 0.0555 e. The van der Waals surface area contributed by atoms with Gasteiger partial charge < -0.3 is 0 Å². The summed E-state index contributed by atoms with van der Waals surface area (Å²) < 4.78 is 12.2. The van der Waals surface area contributed by atoms with Gasteiger partial charge in [-0.2, -0.15) is 0 Å². The number of likely N-dealkylation sites (tertiary alicyclic amines) is 1. The normalized spacial score (nSPS) is 26.1. The van der Waals surface area contributed by atoms with E-state index in [2.05, 4.69) is 30.9 Å². The van der Waals surface area contributed by atoms with Gasteiger partial charge in [-0.3, -0.25) is 9.11 Å². The van der Waals surface area contributed by atoms with Gasteiger partial charge in [-0.05, 0) is 74.6 Å². The van der Waals surface area contributed by atoms with Crippen molar-refractivity contribution in [3.8, 4) is 0 Å². The molecule has 0 radical (unpaired) electrons. The van der Waals surface area contributed by atoms with Crippen LogP contribution in [0.2, 0.25) is 0 Å². The number of hydrogen-bond donors (Lipinski definition) is 0. The van der Waals surface area contributed by atoms with Crippen LogP contribution in [0.5, 0.6) is 0 Å². The van der Waals surface area contributed by atoms with E-state index in [9.17, 15) is 4.21 Å². The molecule has 1 heterocycles. The van der Waals surface area contributed by atoms with E-state index in [1.807, 2.05) is 26.0 Å². The van der Waals surface area contributed by atoms with Crippen LogP contribution >= 0.6 is 0 Å². The fourth-order valence-corrected chi connectivity index (χ4v) is 5.41. The second-order valence-corrected chi connectivity index (χ2v) is 10.6. The quantitative estimate of drug-likeness (QED) is 0.679. The molecular formula is C23H35NOS. The van der Waals surface area contributed by atoms with E-state index in [1.54, 1.807) is 5.57 Å². The first kappa shape index (κ1) is 19.8. The second kappa shape index (κ2) is 8.84. The van der Waals surface area contributed by atoms with Crippen molar-refractivity contribution in [2.45, 2.75) is 82.4 Å². The lowest BCUT2D eigenvalue weighted by Crippen LogP contribution is -2.41. The van der Waals surface area contributed by atoms with Crippen molar-refractivity contribution in [1.29, 1.82) is 0 Å². The average molecular weight is 374 g/mol. The summed E-state index contributed by atoms with van der Waals surface area (Å²) in [4.78, 5) is 3.69. The van der Waals surface area contributed by atoms with Crippen LogP contribution in [0.1, 0.15) is 71.8 Å². The number of hydrogen-bond acceptors (Lipinski definition) is 2. The highest BCUT2D eigenvalue weighted by Gasteiger charge is 2.26. The Hall–Kier alpha value is -0.930. The number of rotatable bonds is 4. The Morgan fingerprint density at radius 2 is 1.62 bits per heavy atom. The Bertz CT molecular complexity index is 643. The van der Waals surface area contributed by atoms with Crippen molar-refractivity contribution in [2.24, 2.45) is 5.92 Å². The van der Waals surface area contributed by atoms with Gasteiger partial charge in [0.2, 0.25) is 0 Å². The molecule has 3 heteroatoms. The van der Waals surface area contributed by atoms with Crippen LogP contribution in [0.3, 0.4) is 0 Å². The van der Waals surface area contributed by atoms with Crippen LogP contribution in [-0.4, -0.2) is 33.5 Å². The highest BCUT2D eigenvalue weighted by Crippen LogP contribution is 2.32. The molecular weight excluding hydrogens is 338 g/mol. The summed E-state index contributed by atoms with van der Waals surface area (Å²) >= 11 is 0. The topological polar surface area (TPSA) is 20.3 Å². The highest BCUT2D eigenvalue weighted by molar-refractivity contribution is 7.85. The van der Waals surface area contributed by atoms with Crippen LogP contribution < -0.4 is 0 Å². The number of allylic oxidation sites excluding steroid dienone is 1. The van der Waals surface area contributed by atoms with Gasteiger partial charge in [0.1, 0.15) is 0 Å². The largest absolute Gasteiger partial charge is 0.300 e. The lowest BCUT2D eigenvalue weighted by molar-refractivity contribution is 0.131. The molecule has 1 atom stereocenters. The molecule has 0 bridgehead atoms. The van der Waals surface area contributed by atoms with Crippen LogP contribution in [0.15, 0.2) is 34.7 Å².